The van der Waals surface area contributed by atoms with Gasteiger partial charge < -0.3 is 15.0 Å². The summed E-state index contributed by atoms with van der Waals surface area (Å²) >= 11 is 1.23. The second-order valence-corrected chi connectivity index (χ2v) is 7.00. The molecule has 1 N–H and O–H groups in total. The van der Waals surface area contributed by atoms with Gasteiger partial charge in [-0.2, -0.15) is 5.10 Å². The van der Waals surface area contributed by atoms with Gasteiger partial charge in [0.15, 0.2) is 0 Å². The first-order chi connectivity index (χ1) is 12.5. The maximum Gasteiger partial charge on any atom is 0.350 e. The van der Waals surface area contributed by atoms with Crippen LogP contribution in [0.4, 0.5) is 11.5 Å². The molecule has 1 atom stereocenters. The molecule has 1 aliphatic heterocycles. The minimum Gasteiger partial charge on any atom is -0.465 e. The number of carbonyl (C=O) groups excluding carboxylic acids is 2. The summed E-state index contributed by atoms with van der Waals surface area (Å²) in [6.45, 7) is 1.29. The molecule has 0 saturated carbocycles. The van der Waals surface area contributed by atoms with Gasteiger partial charge >= 0.3 is 5.97 Å². The summed E-state index contributed by atoms with van der Waals surface area (Å²) in [5.41, 5.74) is 0.303. The van der Waals surface area contributed by atoms with Gasteiger partial charge in [0.25, 0.3) is 5.56 Å². The van der Waals surface area contributed by atoms with Crippen LogP contribution in [-0.4, -0.2) is 41.9 Å². The van der Waals surface area contributed by atoms with Gasteiger partial charge in [-0.3, -0.25) is 9.59 Å². The molecular formula is C17H20N4O4S. The van der Waals surface area contributed by atoms with Gasteiger partial charge in [0, 0.05) is 26.2 Å². The fourth-order valence-electron chi connectivity index (χ4n) is 2.95. The molecule has 1 fully saturated rings. The first-order valence-corrected chi connectivity index (χ1v) is 9.13. The highest BCUT2D eigenvalue weighted by atomic mass is 32.1. The van der Waals surface area contributed by atoms with Crippen LogP contribution in [-0.2, 0) is 16.6 Å². The standard InChI is InChI=1S/C17H20N4O4S/c1-20-14(22)6-5-13(19-20)21-8-3-4-11(10-21)16(23)18-12-7-9-26-15(12)17(24)25-2/h5-7,9,11H,3-4,8,10H2,1-2H3,(H,18,23). The average Bonchev–Trinajstić information content (AvgIpc) is 3.11. The Labute approximate surface area is 154 Å². The Bertz CT molecular complexity index is 876. The molecule has 9 heteroatoms. The van der Waals surface area contributed by atoms with Crippen molar-refractivity contribution >= 4 is 34.7 Å². The van der Waals surface area contributed by atoms with E-state index in [1.807, 2.05) is 4.90 Å². The number of piperidine rings is 1. The number of anilines is 2. The molecule has 26 heavy (non-hydrogen) atoms. The third-order valence-electron chi connectivity index (χ3n) is 4.36. The molecule has 0 aliphatic carbocycles. The maximum absolute atomic E-state index is 12.7. The molecule has 0 radical (unpaired) electrons. The number of methoxy groups -OCH3 is 1. The van der Waals surface area contributed by atoms with E-state index in [-0.39, 0.29) is 17.4 Å². The molecule has 3 rings (SSSR count). The Hall–Kier alpha value is -2.68. The van der Waals surface area contributed by atoms with Gasteiger partial charge in [0.05, 0.1) is 18.7 Å². The molecule has 1 amide bonds. The third kappa shape index (κ3) is 3.77. The van der Waals surface area contributed by atoms with Crippen molar-refractivity contribution in [3.63, 3.8) is 0 Å². The fraction of sp³-hybridized carbons (Fsp3) is 0.412. The molecule has 8 nitrogen and oxygen atoms in total. The Morgan fingerprint density at radius 2 is 2.15 bits per heavy atom. The Morgan fingerprint density at radius 1 is 1.35 bits per heavy atom. The summed E-state index contributed by atoms with van der Waals surface area (Å²) < 4.78 is 6.02. The summed E-state index contributed by atoms with van der Waals surface area (Å²) in [5, 5.41) is 8.83. The van der Waals surface area contributed by atoms with Crippen molar-refractivity contribution in [2.24, 2.45) is 13.0 Å². The second kappa shape index (κ2) is 7.69. The van der Waals surface area contributed by atoms with Crippen molar-refractivity contribution in [2.45, 2.75) is 12.8 Å². The maximum atomic E-state index is 12.7. The minimum absolute atomic E-state index is 0.136. The topological polar surface area (TPSA) is 93.5 Å². The first kappa shape index (κ1) is 18.1. The average molecular weight is 376 g/mol. The molecule has 2 aromatic heterocycles. The lowest BCUT2D eigenvalue weighted by Crippen LogP contribution is -2.41. The lowest BCUT2D eigenvalue weighted by Gasteiger charge is -2.32. The van der Waals surface area contributed by atoms with Crippen molar-refractivity contribution in [1.82, 2.24) is 9.78 Å². The number of nitrogens with one attached hydrogen (secondary N) is 1. The molecule has 0 spiro atoms. The van der Waals surface area contributed by atoms with E-state index in [1.165, 1.54) is 29.2 Å². The van der Waals surface area contributed by atoms with E-state index in [9.17, 15) is 14.4 Å². The van der Waals surface area contributed by atoms with E-state index >= 15 is 0 Å². The smallest absolute Gasteiger partial charge is 0.350 e. The number of ether oxygens (including phenoxy) is 1. The fourth-order valence-corrected chi connectivity index (χ4v) is 3.72. The van der Waals surface area contributed by atoms with Crippen LogP contribution in [0.3, 0.4) is 0 Å². The van der Waals surface area contributed by atoms with Crippen LogP contribution in [0.2, 0.25) is 0 Å². The van der Waals surface area contributed by atoms with Crippen molar-refractivity contribution in [1.29, 1.82) is 0 Å². The number of nitrogens with zero attached hydrogens (tertiary/aromatic N) is 3. The van der Waals surface area contributed by atoms with Crippen LogP contribution >= 0.6 is 11.3 Å². The minimum atomic E-state index is -0.463. The van der Waals surface area contributed by atoms with Crippen molar-refractivity contribution < 1.29 is 14.3 Å². The monoisotopic (exact) mass is 376 g/mol. The van der Waals surface area contributed by atoms with E-state index in [0.717, 1.165) is 19.4 Å². The van der Waals surface area contributed by atoms with E-state index < -0.39 is 5.97 Å². The van der Waals surface area contributed by atoms with Crippen LogP contribution in [0, 0.1) is 5.92 Å². The van der Waals surface area contributed by atoms with E-state index in [4.69, 9.17) is 4.74 Å². The van der Waals surface area contributed by atoms with Crippen molar-refractivity contribution in [3.8, 4) is 0 Å². The van der Waals surface area contributed by atoms with Crippen LogP contribution in [0.15, 0.2) is 28.4 Å². The summed E-state index contributed by atoms with van der Waals surface area (Å²) in [4.78, 5) is 38.3. The van der Waals surface area contributed by atoms with E-state index in [0.29, 0.717) is 22.9 Å². The predicted octanol–water partition coefficient (Wildman–Crippen LogP) is 1.48. The van der Waals surface area contributed by atoms with E-state index in [2.05, 4.69) is 10.4 Å². The quantitative estimate of drug-likeness (QED) is 0.813. The lowest BCUT2D eigenvalue weighted by atomic mass is 9.97. The number of carbonyl (C=O) groups is 2. The Morgan fingerprint density at radius 3 is 2.88 bits per heavy atom. The second-order valence-electron chi connectivity index (χ2n) is 6.08. The normalized spacial score (nSPS) is 17.0. The molecule has 1 aliphatic rings. The molecule has 138 valence electrons. The number of aryl methyl sites for hydroxylation is 1. The van der Waals surface area contributed by atoms with Gasteiger partial charge in [-0.1, -0.05) is 0 Å². The van der Waals surface area contributed by atoms with Crippen LogP contribution < -0.4 is 15.8 Å². The lowest BCUT2D eigenvalue weighted by molar-refractivity contribution is -0.120. The van der Waals surface area contributed by atoms with Gasteiger partial charge in [-0.15, -0.1) is 11.3 Å². The van der Waals surface area contributed by atoms with Crippen LogP contribution in [0.25, 0.3) is 0 Å². The Kier molecular flexibility index (Phi) is 5.36. The number of thiophene rings is 1. The van der Waals surface area contributed by atoms with Crippen LogP contribution in [0.5, 0.6) is 0 Å². The van der Waals surface area contributed by atoms with Crippen LogP contribution in [0.1, 0.15) is 22.5 Å². The number of aromatic nitrogens is 2. The zero-order valence-corrected chi connectivity index (χ0v) is 15.4. The highest BCUT2D eigenvalue weighted by Crippen LogP contribution is 2.26. The SMILES string of the molecule is COC(=O)c1sccc1NC(=O)C1CCCN(c2ccc(=O)n(C)n2)C1. The molecule has 1 unspecified atom stereocenters. The summed E-state index contributed by atoms with van der Waals surface area (Å²) in [5.74, 6) is -0.151. The first-order valence-electron chi connectivity index (χ1n) is 8.25. The Balaban J connectivity index is 1.70. The van der Waals surface area contributed by atoms with Gasteiger partial charge in [0.2, 0.25) is 5.91 Å². The van der Waals surface area contributed by atoms with Gasteiger partial charge in [0.1, 0.15) is 10.7 Å². The highest BCUT2D eigenvalue weighted by Gasteiger charge is 2.28. The number of amides is 1. The van der Waals surface area contributed by atoms with Gasteiger partial charge in [-0.25, -0.2) is 9.48 Å². The third-order valence-corrected chi connectivity index (χ3v) is 5.25. The molecule has 1 saturated heterocycles. The number of hydrogen-bond donors (Lipinski definition) is 1. The number of esters is 1. The van der Waals surface area contributed by atoms with E-state index in [1.54, 1.807) is 24.6 Å². The molecule has 2 aromatic rings. The van der Waals surface area contributed by atoms with Crippen molar-refractivity contribution in [2.75, 3.05) is 30.4 Å². The zero-order chi connectivity index (χ0) is 18.7. The molecule has 0 aromatic carbocycles. The predicted molar refractivity (Wildman–Crippen MR) is 98.7 cm³/mol. The number of hydrogen-bond acceptors (Lipinski definition) is 7. The number of rotatable bonds is 4. The summed E-state index contributed by atoms with van der Waals surface area (Å²) in [6.07, 6.45) is 1.60. The largest absolute Gasteiger partial charge is 0.465 e. The molecule has 0 bridgehead atoms. The molecule has 3 heterocycles. The van der Waals surface area contributed by atoms with Crippen molar-refractivity contribution in [3.05, 3.63) is 38.8 Å². The highest BCUT2D eigenvalue weighted by molar-refractivity contribution is 7.12. The van der Waals surface area contributed by atoms with Gasteiger partial charge in [-0.05, 0) is 30.4 Å². The summed E-state index contributed by atoms with van der Waals surface area (Å²) in [7, 11) is 2.91. The molecular weight excluding hydrogens is 356 g/mol. The zero-order valence-electron chi connectivity index (χ0n) is 14.6. The summed E-state index contributed by atoms with van der Waals surface area (Å²) in [6, 6.07) is 4.85.